The van der Waals surface area contributed by atoms with Crippen molar-refractivity contribution >= 4 is 11.7 Å². The fourth-order valence-electron chi connectivity index (χ4n) is 2.74. The summed E-state index contributed by atoms with van der Waals surface area (Å²) < 4.78 is 5.70. The van der Waals surface area contributed by atoms with Gasteiger partial charge in [-0.25, -0.2) is 0 Å². The normalized spacial score (nSPS) is 16.7. The third kappa shape index (κ3) is 5.32. The van der Waals surface area contributed by atoms with Gasteiger partial charge in [-0.2, -0.15) is 0 Å². The van der Waals surface area contributed by atoms with Crippen molar-refractivity contribution in [3.05, 3.63) is 29.8 Å². The van der Waals surface area contributed by atoms with Crippen LogP contribution in [-0.4, -0.2) is 66.9 Å². The molecule has 0 spiro atoms. The summed E-state index contributed by atoms with van der Waals surface area (Å²) in [5, 5.41) is 0. The van der Waals surface area contributed by atoms with Crippen molar-refractivity contribution in [3.8, 4) is 5.75 Å². The topological polar surface area (TPSA) is 75.9 Å². The number of ether oxygens (including phenoxy) is 1. The molecule has 0 radical (unpaired) electrons. The Morgan fingerprint density at radius 1 is 1.17 bits per heavy atom. The van der Waals surface area contributed by atoms with Crippen LogP contribution >= 0.6 is 0 Å². The standard InChI is InChI=1S/C18H27N3O3/c1-14(19)18(23)21-11-9-20(10-12-21)8-3-13-24-17-6-4-16(5-7-17)15(2)22/h4-7,14H,3,8-13,19H2,1-2H3/t14-/m1/s1. The Bertz CT molecular complexity index is 549. The van der Waals surface area contributed by atoms with E-state index in [2.05, 4.69) is 4.90 Å². The molecule has 0 aromatic heterocycles. The molecule has 132 valence electrons. The molecule has 2 N–H and O–H groups in total. The zero-order valence-corrected chi connectivity index (χ0v) is 14.5. The predicted octanol–water partition coefficient (Wildman–Crippen LogP) is 1.15. The summed E-state index contributed by atoms with van der Waals surface area (Å²) in [4.78, 5) is 27.2. The first-order valence-electron chi connectivity index (χ1n) is 8.48. The number of nitrogens with two attached hydrogens (primary N) is 1. The molecule has 0 saturated carbocycles. The fraction of sp³-hybridized carbons (Fsp3) is 0.556. The van der Waals surface area contributed by atoms with Gasteiger partial charge in [0.25, 0.3) is 0 Å². The van der Waals surface area contributed by atoms with Crippen molar-refractivity contribution < 1.29 is 14.3 Å². The maximum Gasteiger partial charge on any atom is 0.239 e. The summed E-state index contributed by atoms with van der Waals surface area (Å²) in [6, 6.07) is 6.81. The molecule has 1 amide bonds. The van der Waals surface area contributed by atoms with E-state index in [1.807, 2.05) is 17.0 Å². The van der Waals surface area contributed by atoms with E-state index >= 15 is 0 Å². The van der Waals surface area contributed by atoms with E-state index in [4.69, 9.17) is 10.5 Å². The number of hydrogen-bond acceptors (Lipinski definition) is 5. The minimum absolute atomic E-state index is 0.0343. The van der Waals surface area contributed by atoms with Crippen LogP contribution in [0.5, 0.6) is 5.75 Å². The second-order valence-corrected chi connectivity index (χ2v) is 6.24. The van der Waals surface area contributed by atoms with Crippen LogP contribution in [0.15, 0.2) is 24.3 Å². The van der Waals surface area contributed by atoms with Crippen molar-refractivity contribution in [3.63, 3.8) is 0 Å². The van der Waals surface area contributed by atoms with E-state index in [1.54, 1.807) is 26.0 Å². The lowest BCUT2D eigenvalue weighted by atomic mass is 10.1. The number of ketones is 1. The third-order valence-corrected chi connectivity index (χ3v) is 4.22. The highest BCUT2D eigenvalue weighted by molar-refractivity contribution is 5.94. The Morgan fingerprint density at radius 2 is 1.79 bits per heavy atom. The predicted molar refractivity (Wildman–Crippen MR) is 93.2 cm³/mol. The lowest BCUT2D eigenvalue weighted by molar-refractivity contribution is -0.133. The summed E-state index contributed by atoms with van der Waals surface area (Å²) in [6.45, 7) is 8.12. The minimum Gasteiger partial charge on any atom is -0.494 e. The molecule has 0 bridgehead atoms. The van der Waals surface area contributed by atoms with Gasteiger partial charge in [0.05, 0.1) is 12.6 Å². The minimum atomic E-state index is -0.417. The van der Waals surface area contributed by atoms with E-state index in [0.29, 0.717) is 12.2 Å². The van der Waals surface area contributed by atoms with E-state index in [-0.39, 0.29) is 11.7 Å². The summed E-state index contributed by atoms with van der Waals surface area (Å²) >= 11 is 0. The number of benzene rings is 1. The molecule has 24 heavy (non-hydrogen) atoms. The van der Waals surface area contributed by atoms with Gasteiger partial charge in [-0.1, -0.05) is 0 Å². The van der Waals surface area contributed by atoms with Crippen molar-refractivity contribution in [2.24, 2.45) is 5.73 Å². The number of Topliss-reactive ketones (excluding diaryl/α,β-unsaturated/α-hetero) is 1. The second kappa shape index (κ2) is 8.80. The van der Waals surface area contributed by atoms with Gasteiger partial charge < -0.3 is 15.4 Å². The first-order valence-corrected chi connectivity index (χ1v) is 8.48. The molecule has 6 nitrogen and oxygen atoms in total. The largest absolute Gasteiger partial charge is 0.494 e. The molecule has 1 saturated heterocycles. The van der Waals surface area contributed by atoms with E-state index in [0.717, 1.165) is 44.9 Å². The fourth-order valence-corrected chi connectivity index (χ4v) is 2.74. The van der Waals surface area contributed by atoms with Gasteiger partial charge in [0.2, 0.25) is 5.91 Å². The number of nitrogens with zero attached hydrogens (tertiary/aromatic N) is 2. The highest BCUT2D eigenvalue weighted by Crippen LogP contribution is 2.13. The lowest BCUT2D eigenvalue weighted by Crippen LogP contribution is -2.52. The molecule has 1 heterocycles. The van der Waals surface area contributed by atoms with Crippen LogP contribution in [0.1, 0.15) is 30.6 Å². The number of piperazine rings is 1. The molecule has 1 aliphatic rings. The monoisotopic (exact) mass is 333 g/mol. The average Bonchev–Trinajstić information content (AvgIpc) is 2.59. The quantitative estimate of drug-likeness (QED) is 0.598. The number of carbonyl (C=O) groups is 2. The highest BCUT2D eigenvalue weighted by atomic mass is 16.5. The summed E-state index contributed by atoms with van der Waals surface area (Å²) in [5.74, 6) is 0.877. The van der Waals surface area contributed by atoms with E-state index in [9.17, 15) is 9.59 Å². The first-order chi connectivity index (χ1) is 11.5. The Balaban J connectivity index is 1.63. The summed E-state index contributed by atoms with van der Waals surface area (Å²) in [7, 11) is 0. The SMILES string of the molecule is CC(=O)c1ccc(OCCCN2CCN(C(=O)[C@@H](C)N)CC2)cc1. The highest BCUT2D eigenvalue weighted by Gasteiger charge is 2.22. The maximum absolute atomic E-state index is 11.8. The molecular weight excluding hydrogens is 306 g/mol. The van der Waals surface area contributed by atoms with Gasteiger partial charge in [-0.3, -0.25) is 14.5 Å². The van der Waals surface area contributed by atoms with Crippen molar-refractivity contribution in [2.45, 2.75) is 26.3 Å². The van der Waals surface area contributed by atoms with Crippen LogP contribution < -0.4 is 10.5 Å². The number of rotatable bonds is 7. The van der Waals surface area contributed by atoms with Crippen LogP contribution in [0.25, 0.3) is 0 Å². The second-order valence-electron chi connectivity index (χ2n) is 6.24. The average molecular weight is 333 g/mol. The van der Waals surface area contributed by atoms with Crippen LogP contribution in [0.3, 0.4) is 0 Å². The Labute approximate surface area is 143 Å². The van der Waals surface area contributed by atoms with Crippen LogP contribution in [0.2, 0.25) is 0 Å². The van der Waals surface area contributed by atoms with Gasteiger partial charge >= 0.3 is 0 Å². The maximum atomic E-state index is 11.8. The Hall–Kier alpha value is -1.92. The smallest absolute Gasteiger partial charge is 0.239 e. The number of carbonyl (C=O) groups excluding carboxylic acids is 2. The van der Waals surface area contributed by atoms with E-state index < -0.39 is 6.04 Å². The van der Waals surface area contributed by atoms with Gasteiger partial charge in [0.1, 0.15) is 5.75 Å². The molecule has 0 unspecified atom stereocenters. The molecule has 1 aromatic carbocycles. The van der Waals surface area contributed by atoms with Crippen LogP contribution in [-0.2, 0) is 4.79 Å². The molecule has 1 atom stereocenters. The molecule has 1 aliphatic heterocycles. The summed E-state index contributed by atoms with van der Waals surface area (Å²) in [6.07, 6.45) is 0.926. The molecule has 0 aliphatic carbocycles. The van der Waals surface area contributed by atoms with Gasteiger partial charge in [0.15, 0.2) is 5.78 Å². The van der Waals surface area contributed by atoms with Gasteiger partial charge in [-0.15, -0.1) is 0 Å². The van der Waals surface area contributed by atoms with Crippen molar-refractivity contribution in [2.75, 3.05) is 39.3 Å². The molecule has 1 aromatic rings. The Kier molecular flexibility index (Phi) is 6.75. The van der Waals surface area contributed by atoms with Gasteiger partial charge in [0, 0.05) is 38.3 Å². The van der Waals surface area contributed by atoms with Crippen molar-refractivity contribution in [1.29, 1.82) is 0 Å². The van der Waals surface area contributed by atoms with Gasteiger partial charge in [-0.05, 0) is 44.5 Å². The molecular formula is C18H27N3O3. The molecule has 6 heteroatoms. The van der Waals surface area contributed by atoms with E-state index in [1.165, 1.54) is 0 Å². The molecule has 1 fully saturated rings. The summed E-state index contributed by atoms with van der Waals surface area (Å²) in [5.41, 5.74) is 6.34. The number of amides is 1. The zero-order valence-electron chi connectivity index (χ0n) is 14.5. The van der Waals surface area contributed by atoms with Crippen LogP contribution in [0, 0.1) is 0 Å². The molecule has 2 rings (SSSR count). The van der Waals surface area contributed by atoms with Crippen LogP contribution in [0.4, 0.5) is 0 Å². The van der Waals surface area contributed by atoms with Crippen molar-refractivity contribution in [1.82, 2.24) is 9.80 Å². The third-order valence-electron chi connectivity index (χ3n) is 4.22. The Morgan fingerprint density at radius 3 is 2.33 bits per heavy atom. The zero-order chi connectivity index (χ0) is 17.5. The lowest BCUT2D eigenvalue weighted by Gasteiger charge is -2.35. The first kappa shape index (κ1) is 18.4. The number of hydrogen-bond donors (Lipinski definition) is 1.